The van der Waals surface area contributed by atoms with Gasteiger partial charge in [-0.3, -0.25) is 4.57 Å². The number of hydrogen-bond acceptors (Lipinski definition) is 8. The van der Waals surface area contributed by atoms with Gasteiger partial charge in [0.05, 0.1) is 32.2 Å². The van der Waals surface area contributed by atoms with Crippen LogP contribution in [0.5, 0.6) is 5.75 Å². The summed E-state index contributed by atoms with van der Waals surface area (Å²) < 4.78 is 13.3. The smallest absolute Gasteiger partial charge is 0.167 e. The topological polar surface area (TPSA) is 115 Å². The maximum atomic E-state index is 10.2. The highest BCUT2D eigenvalue weighted by Crippen LogP contribution is 2.62. The van der Waals surface area contributed by atoms with Crippen LogP contribution in [0.2, 0.25) is 0 Å². The number of ether oxygens (including phenoxy) is 2. The first kappa shape index (κ1) is 24.3. The van der Waals surface area contributed by atoms with Gasteiger partial charge in [0.1, 0.15) is 24.4 Å². The van der Waals surface area contributed by atoms with E-state index in [-0.39, 0.29) is 12.6 Å². The van der Waals surface area contributed by atoms with Crippen LogP contribution in [-0.2, 0) is 4.74 Å². The quantitative estimate of drug-likeness (QED) is 0.456. The monoisotopic (exact) mass is 519 g/mol. The number of aliphatic hydroxyl groups excluding tert-OH is 2. The van der Waals surface area contributed by atoms with Crippen LogP contribution in [0.15, 0.2) is 30.9 Å². The molecule has 3 fully saturated rings. The second-order valence-electron chi connectivity index (χ2n) is 12.1. The summed E-state index contributed by atoms with van der Waals surface area (Å²) in [6.45, 7) is 2.30. The van der Waals surface area contributed by atoms with E-state index in [2.05, 4.69) is 45.4 Å². The lowest BCUT2D eigenvalue weighted by atomic mass is 9.55. The molecule has 0 bridgehead atoms. The fourth-order valence-corrected chi connectivity index (χ4v) is 8.23. The van der Waals surface area contributed by atoms with Crippen LogP contribution in [0.4, 0.5) is 5.82 Å². The summed E-state index contributed by atoms with van der Waals surface area (Å²) in [5.74, 6) is 3.58. The lowest BCUT2D eigenvalue weighted by Crippen LogP contribution is -2.41. The van der Waals surface area contributed by atoms with E-state index in [0.717, 1.165) is 18.1 Å². The number of methoxy groups -OCH3 is 1. The molecule has 2 saturated carbocycles. The highest BCUT2D eigenvalue weighted by atomic mass is 16.5. The Balaban J connectivity index is 1.24. The number of imidazole rings is 1. The Bertz CT molecular complexity index is 1350. The number of rotatable bonds is 5. The molecule has 1 saturated heterocycles. The highest BCUT2D eigenvalue weighted by molar-refractivity contribution is 5.83. The van der Waals surface area contributed by atoms with Gasteiger partial charge < -0.3 is 25.0 Å². The molecule has 1 aromatic carbocycles. The Kier molecular flexibility index (Phi) is 5.87. The zero-order valence-electron chi connectivity index (χ0n) is 22.1. The van der Waals surface area contributed by atoms with Gasteiger partial charge in [0.25, 0.3) is 0 Å². The number of fused-ring (bicyclic) bond motifs is 6. The zero-order chi connectivity index (χ0) is 26.0. The van der Waals surface area contributed by atoms with E-state index in [1.807, 2.05) is 4.57 Å². The summed E-state index contributed by atoms with van der Waals surface area (Å²) in [4.78, 5) is 13.8. The van der Waals surface area contributed by atoms with Crippen molar-refractivity contribution < 1.29 is 19.7 Å². The number of anilines is 1. The molecule has 7 rings (SSSR count). The van der Waals surface area contributed by atoms with Gasteiger partial charge in [-0.15, -0.1) is 0 Å². The first-order valence-electron chi connectivity index (χ1n) is 14.1. The summed E-state index contributed by atoms with van der Waals surface area (Å²) in [6, 6.07) is 6.70. The molecule has 38 heavy (non-hydrogen) atoms. The molecule has 3 heterocycles. The summed E-state index contributed by atoms with van der Waals surface area (Å²) in [7, 11) is 1.73. The molecule has 4 aliphatic rings. The maximum absolute atomic E-state index is 10.2. The number of benzene rings is 1. The second kappa shape index (κ2) is 9.17. The van der Waals surface area contributed by atoms with Crippen molar-refractivity contribution in [2.75, 3.05) is 19.0 Å². The van der Waals surface area contributed by atoms with Crippen LogP contribution >= 0.6 is 0 Å². The summed E-state index contributed by atoms with van der Waals surface area (Å²) >= 11 is 0. The molecular formula is C29H37N5O4. The number of aliphatic hydroxyl groups is 2. The lowest BCUT2D eigenvalue weighted by Gasteiger charge is -2.51. The van der Waals surface area contributed by atoms with Crippen LogP contribution in [0.1, 0.15) is 81.2 Å². The zero-order valence-corrected chi connectivity index (χ0v) is 22.1. The minimum Gasteiger partial charge on any atom is -0.497 e. The fourth-order valence-electron chi connectivity index (χ4n) is 8.23. The van der Waals surface area contributed by atoms with Gasteiger partial charge in [-0.05, 0) is 78.5 Å². The van der Waals surface area contributed by atoms with Gasteiger partial charge in [0, 0.05) is 6.42 Å². The van der Waals surface area contributed by atoms with Gasteiger partial charge >= 0.3 is 0 Å². The standard InChI is InChI=1S/C29H37N5O4/c1-29-8-3-4-21(29)19-11-22(20-10-16(37-2)5-6-17(20)18(19)7-9-29)33-27-26-28(31-14-30-27)34(15-32-26)25-12-23(36)24(13-35)38-25/h5-6,10,14-15,18-19,21-25,35-36H,3-4,7-9,11-13H2,1-2H3,(H,30,31,33)/t18-,19-,21+,22+,23+,24-,25-,29+/m1/s1. The van der Waals surface area contributed by atoms with Gasteiger partial charge in [0.15, 0.2) is 17.0 Å². The number of nitrogens with zero attached hydrogens (tertiary/aromatic N) is 4. The van der Waals surface area contributed by atoms with Gasteiger partial charge in [0.2, 0.25) is 0 Å². The van der Waals surface area contributed by atoms with Crippen molar-refractivity contribution in [3.8, 4) is 5.75 Å². The van der Waals surface area contributed by atoms with Crippen molar-refractivity contribution in [3.05, 3.63) is 42.0 Å². The average Bonchev–Trinajstić information content (AvgIpc) is 3.64. The second-order valence-corrected chi connectivity index (χ2v) is 12.1. The number of aromatic nitrogens is 4. The summed E-state index contributed by atoms with van der Waals surface area (Å²) in [5.41, 5.74) is 4.55. The van der Waals surface area contributed by atoms with Crippen molar-refractivity contribution >= 4 is 17.0 Å². The predicted octanol–water partition coefficient (Wildman–Crippen LogP) is 4.33. The van der Waals surface area contributed by atoms with Crippen LogP contribution in [-0.4, -0.2) is 55.7 Å². The molecule has 3 N–H and O–H groups in total. The Labute approximate surface area is 222 Å². The van der Waals surface area contributed by atoms with Gasteiger partial charge in [-0.2, -0.15) is 0 Å². The molecule has 1 aliphatic heterocycles. The summed E-state index contributed by atoms with van der Waals surface area (Å²) in [6.07, 6.45) is 9.55. The molecule has 8 atom stereocenters. The first-order valence-corrected chi connectivity index (χ1v) is 14.1. The third-order valence-electron chi connectivity index (χ3n) is 10.2. The molecule has 202 valence electrons. The SMILES string of the molecule is COc1ccc2c(c1)[C@@H](Nc1ncnc3c1ncn3[C@H]1C[C@H](O)[C@@H](CO)O1)C[C@@H]1[C@@H]2CC[C@]2(C)CCC[C@@H]12. The molecule has 3 aliphatic carbocycles. The van der Waals surface area contributed by atoms with E-state index in [1.165, 1.54) is 43.2 Å². The third-order valence-corrected chi connectivity index (χ3v) is 10.2. The van der Waals surface area contributed by atoms with E-state index in [4.69, 9.17) is 9.47 Å². The normalized spacial score (nSPS) is 36.1. The summed E-state index contributed by atoms with van der Waals surface area (Å²) in [5, 5.41) is 23.5. The molecule has 0 radical (unpaired) electrons. The first-order chi connectivity index (χ1) is 18.5. The van der Waals surface area contributed by atoms with Gasteiger partial charge in [-0.25, -0.2) is 15.0 Å². The van der Waals surface area contributed by atoms with E-state index in [9.17, 15) is 10.2 Å². The Morgan fingerprint density at radius 3 is 2.87 bits per heavy atom. The molecule has 9 nitrogen and oxygen atoms in total. The molecular weight excluding hydrogens is 482 g/mol. The molecule has 0 spiro atoms. The maximum Gasteiger partial charge on any atom is 0.167 e. The average molecular weight is 520 g/mol. The van der Waals surface area contributed by atoms with Crippen molar-refractivity contribution in [2.45, 2.75) is 82.3 Å². The van der Waals surface area contributed by atoms with E-state index in [1.54, 1.807) is 19.8 Å². The minimum absolute atomic E-state index is 0.0934. The molecule has 2 aromatic heterocycles. The third kappa shape index (κ3) is 3.73. The van der Waals surface area contributed by atoms with Crippen LogP contribution in [0.3, 0.4) is 0 Å². The van der Waals surface area contributed by atoms with Crippen LogP contribution in [0.25, 0.3) is 11.2 Å². The van der Waals surface area contributed by atoms with Crippen molar-refractivity contribution in [1.29, 1.82) is 0 Å². The Morgan fingerprint density at radius 2 is 2.05 bits per heavy atom. The Hall–Kier alpha value is -2.75. The van der Waals surface area contributed by atoms with Crippen molar-refractivity contribution in [1.82, 2.24) is 19.5 Å². The predicted molar refractivity (Wildman–Crippen MR) is 142 cm³/mol. The van der Waals surface area contributed by atoms with Crippen LogP contribution in [0, 0.1) is 17.3 Å². The largest absolute Gasteiger partial charge is 0.497 e. The van der Waals surface area contributed by atoms with E-state index >= 15 is 0 Å². The fraction of sp³-hybridized carbons (Fsp3) is 0.621. The minimum atomic E-state index is -0.722. The molecule has 0 amide bonds. The van der Waals surface area contributed by atoms with Crippen LogP contribution < -0.4 is 10.1 Å². The molecule has 0 unspecified atom stereocenters. The van der Waals surface area contributed by atoms with E-state index < -0.39 is 18.4 Å². The number of nitrogens with one attached hydrogen (secondary N) is 1. The van der Waals surface area contributed by atoms with Crippen molar-refractivity contribution in [2.24, 2.45) is 17.3 Å². The molecule has 3 aromatic rings. The van der Waals surface area contributed by atoms with E-state index in [0.29, 0.717) is 40.7 Å². The highest BCUT2D eigenvalue weighted by Gasteiger charge is 2.51. The Morgan fingerprint density at radius 1 is 1.16 bits per heavy atom. The molecule has 9 heteroatoms. The van der Waals surface area contributed by atoms with Gasteiger partial charge in [-0.1, -0.05) is 19.4 Å². The lowest BCUT2D eigenvalue weighted by molar-refractivity contribution is -0.0432. The van der Waals surface area contributed by atoms with Crippen molar-refractivity contribution in [3.63, 3.8) is 0 Å². The number of hydrogen-bond donors (Lipinski definition) is 3.